The molecule has 0 saturated carbocycles. The van der Waals surface area contributed by atoms with E-state index in [2.05, 4.69) is 5.32 Å². The quantitative estimate of drug-likeness (QED) is 0.312. The van der Waals surface area contributed by atoms with Crippen molar-refractivity contribution in [3.8, 4) is 16.9 Å². The van der Waals surface area contributed by atoms with Crippen LogP contribution in [0.5, 0.6) is 0 Å². The van der Waals surface area contributed by atoms with Gasteiger partial charge >= 0.3 is 5.97 Å². The van der Waals surface area contributed by atoms with Gasteiger partial charge in [-0.1, -0.05) is 30.0 Å². The van der Waals surface area contributed by atoms with Gasteiger partial charge in [-0.25, -0.2) is 14.5 Å². The smallest absolute Gasteiger partial charge is 0.338 e. The number of nitrogens with zero attached hydrogens (tertiary/aromatic N) is 4. The molecule has 4 rings (SSSR count). The minimum atomic E-state index is -0.662. The Bertz CT molecular complexity index is 1280. The van der Waals surface area contributed by atoms with E-state index in [1.165, 1.54) is 23.9 Å². The van der Waals surface area contributed by atoms with Crippen LogP contribution in [0.15, 0.2) is 77.1 Å². The van der Waals surface area contributed by atoms with Gasteiger partial charge in [0.25, 0.3) is 5.69 Å². The van der Waals surface area contributed by atoms with Crippen LogP contribution in [0.4, 0.5) is 5.69 Å². The van der Waals surface area contributed by atoms with Crippen LogP contribution in [-0.4, -0.2) is 38.7 Å². The van der Waals surface area contributed by atoms with Crippen LogP contribution in [0.3, 0.4) is 0 Å². The number of nitro benzene ring substituents is 1. The summed E-state index contributed by atoms with van der Waals surface area (Å²) in [7, 11) is 0. The van der Waals surface area contributed by atoms with E-state index in [1.807, 2.05) is 49.7 Å². The lowest BCUT2D eigenvalue weighted by Gasteiger charge is -2.25. The summed E-state index contributed by atoms with van der Waals surface area (Å²) in [5.41, 5.74) is 3.81. The second kappa shape index (κ2) is 9.92. The van der Waals surface area contributed by atoms with E-state index in [0.717, 1.165) is 5.69 Å². The number of nitrogens with one attached hydrogen (secondary N) is 1. The van der Waals surface area contributed by atoms with Gasteiger partial charge in [-0.05, 0) is 44.4 Å². The summed E-state index contributed by atoms with van der Waals surface area (Å²) in [5.74, 6) is -0.455. The van der Waals surface area contributed by atoms with Crippen molar-refractivity contribution < 1.29 is 14.5 Å². The van der Waals surface area contributed by atoms with E-state index in [0.29, 0.717) is 33.3 Å². The molecule has 1 aliphatic heterocycles. The maximum atomic E-state index is 12.9. The average Bonchev–Trinajstić information content (AvgIpc) is 3.29. The average molecular weight is 478 g/mol. The van der Waals surface area contributed by atoms with Gasteiger partial charge in [0.15, 0.2) is 5.17 Å². The number of nitro groups is 1. The number of ether oxygens (including phenoxy) is 1. The number of para-hydroxylation sites is 1. The van der Waals surface area contributed by atoms with Gasteiger partial charge in [-0.15, -0.1) is 0 Å². The number of carbonyl (C=O) groups excluding carboxylic acids is 1. The largest absolute Gasteiger partial charge is 0.463 e. The Labute approximate surface area is 200 Å². The van der Waals surface area contributed by atoms with Gasteiger partial charge in [-0.3, -0.25) is 10.1 Å². The van der Waals surface area contributed by atoms with Crippen molar-refractivity contribution in [1.82, 2.24) is 15.1 Å². The number of aliphatic imine (C=N–C) groups is 1. The molecule has 1 N–H and O–H groups in total. The number of rotatable bonds is 6. The molecule has 0 bridgehead atoms. The zero-order chi connectivity index (χ0) is 24.2. The van der Waals surface area contributed by atoms with Crippen LogP contribution < -0.4 is 5.32 Å². The maximum Gasteiger partial charge on any atom is 0.338 e. The summed E-state index contributed by atoms with van der Waals surface area (Å²) in [6, 6.07) is 15.1. The number of benzene rings is 2. The van der Waals surface area contributed by atoms with Gasteiger partial charge in [0.1, 0.15) is 6.04 Å². The van der Waals surface area contributed by atoms with Crippen molar-refractivity contribution in [1.29, 1.82) is 0 Å². The summed E-state index contributed by atoms with van der Waals surface area (Å²) in [6.45, 7) is 3.81. The van der Waals surface area contributed by atoms with Gasteiger partial charge in [0.2, 0.25) is 0 Å². The molecule has 1 atom stereocenters. The first-order valence-electron chi connectivity index (χ1n) is 10.6. The predicted molar refractivity (Wildman–Crippen MR) is 132 cm³/mol. The van der Waals surface area contributed by atoms with Crippen molar-refractivity contribution >= 4 is 28.6 Å². The molecule has 2 aromatic carbocycles. The van der Waals surface area contributed by atoms with Crippen LogP contribution in [0, 0.1) is 10.1 Å². The minimum absolute atomic E-state index is 0.0136. The summed E-state index contributed by atoms with van der Waals surface area (Å²) in [4.78, 5) is 28.4. The summed E-state index contributed by atoms with van der Waals surface area (Å²) in [5, 5.41) is 19.8. The normalized spacial score (nSPS) is 15.5. The number of esters is 1. The lowest BCUT2D eigenvalue weighted by molar-refractivity contribution is -0.384. The fraction of sp³-hybridized carbons (Fsp3) is 0.208. The summed E-state index contributed by atoms with van der Waals surface area (Å²) >= 11 is 1.44. The number of carbonyl (C=O) groups is 1. The molecular formula is C24H23N5O4S. The van der Waals surface area contributed by atoms with Gasteiger partial charge in [-0.2, -0.15) is 5.10 Å². The van der Waals surface area contributed by atoms with Crippen molar-refractivity contribution in [3.05, 3.63) is 87.7 Å². The highest BCUT2D eigenvalue weighted by atomic mass is 32.2. The Kier molecular flexibility index (Phi) is 6.78. The molecule has 9 nitrogen and oxygen atoms in total. The van der Waals surface area contributed by atoms with Crippen molar-refractivity contribution in [2.75, 3.05) is 12.9 Å². The van der Waals surface area contributed by atoms with Gasteiger partial charge < -0.3 is 10.1 Å². The van der Waals surface area contributed by atoms with E-state index >= 15 is 0 Å². The monoisotopic (exact) mass is 477 g/mol. The fourth-order valence-corrected chi connectivity index (χ4v) is 4.18. The third-order valence-electron chi connectivity index (χ3n) is 5.32. The molecule has 174 valence electrons. The number of hydrogen-bond donors (Lipinski definition) is 1. The third-order valence-corrected chi connectivity index (χ3v) is 5.91. The molecule has 34 heavy (non-hydrogen) atoms. The number of hydrogen-bond acceptors (Lipinski definition) is 8. The Morgan fingerprint density at radius 3 is 2.53 bits per heavy atom. The first-order chi connectivity index (χ1) is 16.4. The van der Waals surface area contributed by atoms with Crippen LogP contribution >= 0.6 is 11.8 Å². The van der Waals surface area contributed by atoms with Crippen LogP contribution in [0.1, 0.15) is 25.5 Å². The highest BCUT2D eigenvalue weighted by Gasteiger charge is 2.33. The first-order valence-corrected chi connectivity index (χ1v) is 11.8. The molecule has 0 radical (unpaired) electrons. The molecule has 0 saturated heterocycles. The molecule has 0 spiro atoms. The lowest BCUT2D eigenvalue weighted by Crippen LogP contribution is -2.30. The molecule has 2 heterocycles. The van der Waals surface area contributed by atoms with Crippen LogP contribution in [0.25, 0.3) is 16.9 Å². The zero-order valence-corrected chi connectivity index (χ0v) is 19.7. The predicted octanol–water partition coefficient (Wildman–Crippen LogP) is 4.65. The molecule has 3 aromatic rings. The van der Waals surface area contributed by atoms with E-state index in [9.17, 15) is 14.9 Å². The molecule has 0 amide bonds. The molecule has 0 aliphatic carbocycles. The Morgan fingerprint density at radius 1 is 1.21 bits per heavy atom. The lowest BCUT2D eigenvalue weighted by atomic mass is 9.94. The molecule has 0 fully saturated rings. The van der Waals surface area contributed by atoms with Gasteiger partial charge in [0, 0.05) is 35.2 Å². The molecule has 1 aromatic heterocycles. The van der Waals surface area contributed by atoms with Crippen LogP contribution in [0.2, 0.25) is 0 Å². The van der Waals surface area contributed by atoms with Crippen molar-refractivity contribution in [3.63, 3.8) is 0 Å². The highest BCUT2D eigenvalue weighted by molar-refractivity contribution is 8.13. The number of non-ortho nitro benzene ring substituents is 1. The van der Waals surface area contributed by atoms with E-state index in [4.69, 9.17) is 14.8 Å². The topological polar surface area (TPSA) is 112 Å². The Morgan fingerprint density at radius 2 is 1.91 bits per heavy atom. The van der Waals surface area contributed by atoms with Gasteiger partial charge in [0.05, 0.1) is 28.5 Å². The highest BCUT2D eigenvalue weighted by Crippen LogP contribution is 2.38. The number of amidine groups is 1. The fourth-order valence-electron chi connectivity index (χ4n) is 3.71. The number of aromatic nitrogens is 2. The van der Waals surface area contributed by atoms with Crippen molar-refractivity contribution in [2.45, 2.75) is 19.9 Å². The standard InChI is InChI=1S/C24H23N5O4S/c1-4-33-23(30)20-15(2)25-24(34-3)26-22(20)19-14-28(17-8-6-5-7-9-17)27-21(19)16-10-12-18(13-11-16)29(31)32/h5-14,22H,4H2,1-3H3,(H,25,26). The number of allylic oxidation sites excluding steroid dienone is 1. The molecule has 10 heteroatoms. The van der Waals surface area contributed by atoms with Crippen LogP contribution in [-0.2, 0) is 9.53 Å². The Hall–Kier alpha value is -3.92. The SMILES string of the molecule is CCOC(=O)C1=C(C)NC(SC)=NC1c1cn(-c2ccccc2)nc1-c1ccc([N+](=O)[O-])cc1. The second-order valence-electron chi connectivity index (χ2n) is 7.44. The van der Waals surface area contributed by atoms with E-state index < -0.39 is 16.9 Å². The zero-order valence-electron chi connectivity index (χ0n) is 18.9. The summed E-state index contributed by atoms with van der Waals surface area (Å²) in [6.07, 6.45) is 3.74. The van der Waals surface area contributed by atoms with E-state index in [-0.39, 0.29) is 12.3 Å². The summed E-state index contributed by atoms with van der Waals surface area (Å²) < 4.78 is 7.06. The minimum Gasteiger partial charge on any atom is -0.463 e. The maximum absolute atomic E-state index is 12.9. The first kappa shape index (κ1) is 23.2. The molecule has 1 aliphatic rings. The number of thioether (sulfide) groups is 1. The van der Waals surface area contributed by atoms with Crippen molar-refractivity contribution in [2.24, 2.45) is 4.99 Å². The Balaban J connectivity index is 1.91. The molecule has 1 unspecified atom stereocenters. The van der Waals surface area contributed by atoms with E-state index in [1.54, 1.807) is 23.7 Å². The second-order valence-corrected chi connectivity index (χ2v) is 8.24. The third kappa shape index (κ3) is 4.58. The molecular weight excluding hydrogens is 454 g/mol.